The highest BCUT2D eigenvalue weighted by molar-refractivity contribution is 6.00. The van der Waals surface area contributed by atoms with Crippen LogP contribution in [-0.2, 0) is 15.9 Å². The molecule has 1 aliphatic rings. The molecule has 1 saturated heterocycles. The standard InChI is InChI=1S/C18H29N3O4/c1-6-13-14(17(23)24-5)12(2)15(20-13)16(22)19-11-18(3,4)21-7-9-25-10-8-21/h20H,6-11H2,1-5H3,(H,19,22). The Balaban J connectivity index is 2.10. The van der Waals surface area contributed by atoms with Crippen molar-refractivity contribution in [3.05, 3.63) is 22.5 Å². The number of rotatable bonds is 6. The van der Waals surface area contributed by atoms with Crippen LogP contribution in [0, 0.1) is 6.92 Å². The maximum Gasteiger partial charge on any atom is 0.339 e. The van der Waals surface area contributed by atoms with Crippen molar-refractivity contribution in [2.24, 2.45) is 0 Å². The highest BCUT2D eigenvalue weighted by Crippen LogP contribution is 2.21. The van der Waals surface area contributed by atoms with E-state index in [0.717, 1.165) is 32.0 Å². The number of nitrogens with zero attached hydrogens (tertiary/aromatic N) is 1. The molecule has 1 fully saturated rings. The lowest BCUT2D eigenvalue weighted by Gasteiger charge is -2.40. The minimum Gasteiger partial charge on any atom is -0.465 e. The van der Waals surface area contributed by atoms with E-state index in [1.54, 1.807) is 6.92 Å². The van der Waals surface area contributed by atoms with Crippen molar-refractivity contribution in [1.29, 1.82) is 0 Å². The Morgan fingerprint density at radius 1 is 1.32 bits per heavy atom. The number of amides is 1. The van der Waals surface area contributed by atoms with Crippen molar-refractivity contribution < 1.29 is 19.1 Å². The van der Waals surface area contributed by atoms with Gasteiger partial charge in [-0.2, -0.15) is 0 Å². The first kappa shape index (κ1) is 19.5. The SMILES string of the molecule is CCc1[nH]c(C(=O)NCC(C)(C)N2CCOCC2)c(C)c1C(=O)OC. The zero-order valence-corrected chi connectivity index (χ0v) is 15.8. The molecule has 2 heterocycles. The molecule has 7 heteroatoms. The monoisotopic (exact) mass is 351 g/mol. The molecule has 2 N–H and O–H groups in total. The number of carbonyl (C=O) groups is 2. The largest absolute Gasteiger partial charge is 0.465 e. The van der Waals surface area contributed by atoms with Gasteiger partial charge in [0.25, 0.3) is 5.91 Å². The van der Waals surface area contributed by atoms with Crippen molar-refractivity contribution in [2.45, 2.75) is 39.7 Å². The van der Waals surface area contributed by atoms with Crippen molar-refractivity contribution in [3.63, 3.8) is 0 Å². The second kappa shape index (κ2) is 8.01. The first-order chi connectivity index (χ1) is 11.8. The maximum atomic E-state index is 12.6. The lowest BCUT2D eigenvalue weighted by atomic mass is 10.0. The Morgan fingerprint density at radius 2 is 1.96 bits per heavy atom. The van der Waals surface area contributed by atoms with Gasteiger partial charge in [0.1, 0.15) is 5.69 Å². The number of morpholine rings is 1. The van der Waals surface area contributed by atoms with Crippen LogP contribution in [0.2, 0.25) is 0 Å². The van der Waals surface area contributed by atoms with Crippen molar-refractivity contribution in [1.82, 2.24) is 15.2 Å². The number of aromatic amines is 1. The molecule has 0 saturated carbocycles. The summed E-state index contributed by atoms with van der Waals surface area (Å²) in [7, 11) is 1.35. The Kier molecular flexibility index (Phi) is 6.24. The first-order valence-corrected chi connectivity index (χ1v) is 8.72. The van der Waals surface area contributed by atoms with Gasteiger partial charge in [-0.25, -0.2) is 4.79 Å². The fraction of sp³-hybridized carbons (Fsp3) is 0.667. The molecule has 0 atom stereocenters. The average molecular weight is 351 g/mol. The minimum absolute atomic E-state index is 0.168. The normalized spacial score (nSPS) is 15.9. The molecule has 0 radical (unpaired) electrons. The highest BCUT2D eigenvalue weighted by atomic mass is 16.5. The summed E-state index contributed by atoms with van der Waals surface area (Å²) in [6.45, 7) is 11.6. The number of esters is 1. The summed E-state index contributed by atoms with van der Waals surface area (Å²) in [5, 5.41) is 2.99. The zero-order valence-electron chi connectivity index (χ0n) is 15.8. The molecule has 7 nitrogen and oxygen atoms in total. The molecule has 0 spiro atoms. The lowest BCUT2D eigenvalue weighted by Crippen LogP contribution is -2.55. The van der Waals surface area contributed by atoms with E-state index in [1.165, 1.54) is 7.11 Å². The van der Waals surface area contributed by atoms with Crippen LogP contribution in [0.5, 0.6) is 0 Å². The fourth-order valence-electron chi connectivity index (χ4n) is 3.19. The summed E-state index contributed by atoms with van der Waals surface area (Å²) in [5.41, 5.74) is 2.07. The van der Waals surface area contributed by atoms with Crippen LogP contribution in [0.25, 0.3) is 0 Å². The summed E-state index contributed by atoms with van der Waals surface area (Å²) < 4.78 is 10.2. The number of aryl methyl sites for hydroxylation is 1. The van der Waals surface area contributed by atoms with Gasteiger partial charge in [-0.05, 0) is 32.8 Å². The predicted octanol–water partition coefficient (Wildman–Crippen LogP) is 1.51. The summed E-state index contributed by atoms with van der Waals surface area (Å²) >= 11 is 0. The molecule has 0 bridgehead atoms. The molecule has 140 valence electrons. The van der Waals surface area contributed by atoms with E-state index >= 15 is 0 Å². The number of hydrogen-bond donors (Lipinski definition) is 2. The van der Waals surface area contributed by atoms with E-state index in [2.05, 4.69) is 29.0 Å². The van der Waals surface area contributed by atoms with Crippen LogP contribution in [0.15, 0.2) is 0 Å². The second-order valence-electron chi connectivity index (χ2n) is 6.92. The van der Waals surface area contributed by atoms with Crippen molar-refractivity contribution in [2.75, 3.05) is 40.0 Å². The van der Waals surface area contributed by atoms with Crippen molar-refractivity contribution in [3.8, 4) is 0 Å². The number of H-pyrrole nitrogens is 1. The zero-order chi connectivity index (χ0) is 18.6. The van der Waals surface area contributed by atoms with E-state index in [-0.39, 0.29) is 11.4 Å². The molecule has 25 heavy (non-hydrogen) atoms. The maximum absolute atomic E-state index is 12.6. The minimum atomic E-state index is -0.418. The Morgan fingerprint density at radius 3 is 2.52 bits per heavy atom. The number of methoxy groups -OCH3 is 1. The van der Waals surface area contributed by atoms with Gasteiger partial charge in [0.05, 0.1) is 25.9 Å². The summed E-state index contributed by atoms with van der Waals surface area (Å²) in [6.07, 6.45) is 0.623. The van der Waals surface area contributed by atoms with Gasteiger partial charge in [0, 0.05) is 30.9 Å². The van der Waals surface area contributed by atoms with Gasteiger partial charge < -0.3 is 19.8 Å². The van der Waals surface area contributed by atoms with E-state index in [9.17, 15) is 9.59 Å². The molecule has 1 aromatic rings. The molecular formula is C18H29N3O4. The molecule has 2 rings (SSSR count). The third-order valence-electron chi connectivity index (χ3n) is 4.85. The van der Waals surface area contributed by atoms with E-state index in [1.807, 2.05) is 6.92 Å². The average Bonchev–Trinajstić information content (AvgIpc) is 2.96. The van der Waals surface area contributed by atoms with Crippen LogP contribution in [0.4, 0.5) is 0 Å². The second-order valence-corrected chi connectivity index (χ2v) is 6.92. The van der Waals surface area contributed by atoms with E-state index in [0.29, 0.717) is 29.8 Å². The number of nitrogens with one attached hydrogen (secondary N) is 2. The summed E-state index contributed by atoms with van der Waals surface area (Å²) in [4.78, 5) is 30.0. The molecule has 0 unspecified atom stereocenters. The van der Waals surface area contributed by atoms with Gasteiger partial charge in [-0.15, -0.1) is 0 Å². The number of hydrogen-bond acceptors (Lipinski definition) is 5. The Hall–Kier alpha value is -1.86. The molecular weight excluding hydrogens is 322 g/mol. The van der Waals surface area contributed by atoms with Gasteiger partial charge in [0.2, 0.25) is 0 Å². The van der Waals surface area contributed by atoms with Gasteiger partial charge in [-0.1, -0.05) is 6.92 Å². The molecule has 0 aromatic carbocycles. The van der Waals surface area contributed by atoms with E-state index in [4.69, 9.17) is 9.47 Å². The molecule has 1 amide bonds. The fourth-order valence-corrected chi connectivity index (χ4v) is 3.19. The third-order valence-corrected chi connectivity index (χ3v) is 4.85. The van der Waals surface area contributed by atoms with Crippen LogP contribution in [0.1, 0.15) is 52.9 Å². The lowest BCUT2D eigenvalue weighted by molar-refractivity contribution is -0.00924. The van der Waals surface area contributed by atoms with Gasteiger partial charge in [0.15, 0.2) is 0 Å². The van der Waals surface area contributed by atoms with Crippen LogP contribution >= 0.6 is 0 Å². The van der Waals surface area contributed by atoms with Crippen LogP contribution < -0.4 is 5.32 Å². The molecule has 1 aromatic heterocycles. The van der Waals surface area contributed by atoms with E-state index < -0.39 is 5.97 Å². The quantitative estimate of drug-likeness (QED) is 0.759. The molecule has 1 aliphatic heterocycles. The van der Waals surface area contributed by atoms with Gasteiger partial charge in [-0.3, -0.25) is 9.69 Å². The smallest absolute Gasteiger partial charge is 0.339 e. The third kappa shape index (κ3) is 4.22. The van der Waals surface area contributed by atoms with Crippen molar-refractivity contribution >= 4 is 11.9 Å². The van der Waals surface area contributed by atoms with Crippen LogP contribution in [-0.4, -0.2) is 67.3 Å². The van der Waals surface area contributed by atoms with Crippen LogP contribution in [0.3, 0.4) is 0 Å². The highest BCUT2D eigenvalue weighted by Gasteiger charge is 2.30. The Bertz CT molecular complexity index is 631. The number of ether oxygens (including phenoxy) is 2. The number of aromatic nitrogens is 1. The molecule has 0 aliphatic carbocycles. The summed E-state index contributed by atoms with van der Waals surface area (Å²) in [5.74, 6) is -0.623. The Labute approximate surface area is 149 Å². The predicted molar refractivity (Wildman–Crippen MR) is 95.1 cm³/mol. The topological polar surface area (TPSA) is 83.7 Å². The number of carbonyl (C=O) groups excluding carboxylic acids is 2. The summed E-state index contributed by atoms with van der Waals surface area (Å²) in [6, 6.07) is 0. The first-order valence-electron chi connectivity index (χ1n) is 8.72. The van der Waals surface area contributed by atoms with Gasteiger partial charge >= 0.3 is 5.97 Å².